The maximum absolute atomic E-state index is 10.6. The van der Waals surface area contributed by atoms with Crippen LogP contribution in [0.1, 0.15) is 22.3 Å². The second-order valence-electron chi connectivity index (χ2n) is 6.50. The molecular formula is C20H24N8O. The fraction of sp³-hybridized carbons (Fsp3) is 0.150. The van der Waals surface area contributed by atoms with Gasteiger partial charge in [0.2, 0.25) is 0 Å². The molecule has 150 valence electrons. The van der Waals surface area contributed by atoms with Gasteiger partial charge in [-0.3, -0.25) is 9.48 Å². The average Bonchev–Trinajstić information content (AvgIpc) is 3.15. The van der Waals surface area contributed by atoms with Crippen LogP contribution in [-0.4, -0.2) is 28.1 Å². The van der Waals surface area contributed by atoms with Gasteiger partial charge in [0.05, 0.1) is 18.4 Å². The molecule has 0 saturated heterocycles. The number of anilines is 4. The molecule has 0 atom stereocenters. The van der Waals surface area contributed by atoms with E-state index in [-0.39, 0.29) is 0 Å². The number of hydrogen-bond acceptors (Lipinski definition) is 8. The Kier molecular flexibility index (Phi) is 6.10. The van der Waals surface area contributed by atoms with E-state index in [1.54, 1.807) is 18.3 Å². The van der Waals surface area contributed by atoms with Crippen molar-refractivity contribution in [1.82, 2.24) is 14.8 Å². The summed E-state index contributed by atoms with van der Waals surface area (Å²) in [6.45, 7) is 0.593. The molecule has 0 radical (unpaired) electrons. The second-order valence-corrected chi connectivity index (χ2v) is 6.50. The van der Waals surface area contributed by atoms with Gasteiger partial charge in [0, 0.05) is 25.4 Å². The number of nitrogen functional groups attached to an aromatic ring is 3. The lowest BCUT2D eigenvalue weighted by molar-refractivity contribution is -0.104. The van der Waals surface area contributed by atoms with Gasteiger partial charge in [-0.25, -0.2) is 10.8 Å². The fourth-order valence-electron chi connectivity index (χ4n) is 3.10. The SMILES string of the molecule is CNc1ccc(Cn2cc(Cc3cc(N)nc(NN)c3N)cn2)cc1/C=C\C=O. The molecule has 0 spiro atoms. The van der Waals surface area contributed by atoms with Crippen molar-refractivity contribution in [3.8, 4) is 0 Å². The van der Waals surface area contributed by atoms with E-state index in [4.69, 9.17) is 17.3 Å². The van der Waals surface area contributed by atoms with E-state index in [9.17, 15) is 4.79 Å². The molecule has 8 N–H and O–H groups in total. The first kappa shape index (κ1) is 19.9. The van der Waals surface area contributed by atoms with Gasteiger partial charge < -0.3 is 22.2 Å². The standard InChI is InChI=1S/C20H24N8O/c1-24-17-5-4-13(7-15(17)3-2-6-29)11-28-12-14(10-25-28)8-16-9-18(21)26-20(27-23)19(16)22/h2-7,9-10,12,24H,8,11,22-23H2,1H3,(H3,21,26,27)/b3-2-. The van der Waals surface area contributed by atoms with Gasteiger partial charge in [-0.2, -0.15) is 5.10 Å². The fourth-order valence-corrected chi connectivity index (χ4v) is 3.10. The van der Waals surface area contributed by atoms with Crippen LogP contribution in [0.15, 0.2) is 42.7 Å². The summed E-state index contributed by atoms with van der Waals surface area (Å²) >= 11 is 0. The molecule has 9 heteroatoms. The summed E-state index contributed by atoms with van der Waals surface area (Å²) in [6.07, 6.45) is 8.31. The van der Waals surface area contributed by atoms with Gasteiger partial charge in [0.15, 0.2) is 5.82 Å². The lowest BCUT2D eigenvalue weighted by atomic mass is 10.1. The molecule has 2 aromatic heterocycles. The molecule has 0 bridgehead atoms. The summed E-state index contributed by atoms with van der Waals surface area (Å²) in [5.74, 6) is 6.14. The number of benzene rings is 1. The van der Waals surface area contributed by atoms with Crippen molar-refractivity contribution in [3.05, 3.63) is 65.0 Å². The lowest BCUT2D eigenvalue weighted by Gasteiger charge is -2.10. The molecular weight excluding hydrogens is 368 g/mol. The van der Waals surface area contributed by atoms with Gasteiger partial charge in [-0.15, -0.1) is 0 Å². The molecule has 3 aromatic rings. The molecule has 0 saturated carbocycles. The molecule has 0 aliphatic rings. The van der Waals surface area contributed by atoms with Crippen molar-refractivity contribution in [3.63, 3.8) is 0 Å². The zero-order chi connectivity index (χ0) is 20.8. The third-order valence-corrected chi connectivity index (χ3v) is 4.47. The molecule has 0 fully saturated rings. The first-order valence-electron chi connectivity index (χ1n) is 8.99. The molecule has 0 aliphatic heterocycles. The monoisotopic (exact) mass is 392 g/mol. The molecule has 2 heterocycles. The number of hydrazine groups is 1. The molecule has 9 nitrogen and oxygen atoms in total. The van der Waals surface area contributed by atoms with E-state index >= 15 is 0 Å². The summed E-state index contributed by atoms with van der Waals surface area (Å²) in [6, 6.07) is 7.75. The number of aldehydes is 1. The highest BCUT2D eigenvalue weighted by molar-refractivity contribution is 5.78. The quantitative estimate of drug-likeness (QED) is 0.168. The summed E-state index contributed by atoms with van der Waals surface area (Å²) in [5.41, 5.74) is 19.6. The van der Waals surface area contributed by atoms with Crippen molar-refractivity contribution < 1.29 is 4.79 Å². The number of aromatic nitrogens is 3. The van der Waals surface area contributed by atoms with Gasteiger partial charge in [-0.05, 0) is 52.6 Å². The Balaban J connectivity index is 1.78. The largest absolute Gasteiger partial charge is 0.395 e. The van der Waals surface area contributed by atoms with Crippen molar-refractivity contribution in [1.29, 1.82) is 0 Å². The molecule has 29 heavy (non-hydrogen) atoms. The normalized spacial score (nSPS) is 11.0. The van der Waals surface area contributed by atoms with E-state index in [1.807, 2.05) is 36.1 Å². The number of pyridine rings is 1. The number of allylic oxidation sites excluding steroid dienone is 1. The van der Waals surface area contributed by atoms with Crippen LogP contribution < -0.4 is 28.1 Å². The van der Waals surface area contributed by atoms with Crippen molar-refractivity contribution >= 4 is 35.4 Å². The highest BCUT2D eigenvalue weighted by atomic mass is 16.1. The van der Waals surface area contributed by atoms with Gasteiger partial charge in [0.1, 0.15) is 12.1 Å². The first-order valence-corrected chi connectivity index (χ1v) is 8.99. The summed E-state index contributed by atoms with van der Waals surface area (Å²) in [5, 5.41) is 7.55. The summed E-state index contributed by atoms with van der Waals surface area (Å²) in [4.78, 5) is 14.7. The topological polar surface area (TPSA) is 150 Å². The van der Waals surface area contributed by atoms with E-state index in [0.29, 0.717) is 30.3 Å². The van der Waals surface area contributed by atoms with Crippen LogP contribution in [0.25, 0.3) is 6.08 Å². The van der Waals surface area contributed by atoms with Crippen LogP contribution in [0, 0.1) is 0 Å². The minimum atomic E-state index is 0.343. The predicted molar refractivity (Wildman–Crippen MR) is 116 cm³/mol. The van der Waals surface area contributed by atoms with E-state index < -0.39 is 0 Å². The molecule has 3 rings (SSSR count). The molecule has 0 amide bonds. The second kappa shape index (κ2) is 8.89. The van der Waals surface area contributed by atoms with Crippen LogP contribution in [-0.2, 0) is 17.8 Å². The zero-order valence-corrected chi connectivity index (χ0v) is 16.1. The smallest absolute Gasteiger partial charge is 0.165 e. The minimum Gasteiger partial charge on any atom is -0.395 e. The average molecular weight is 392 g/mol. The Bertz CT molecular complexity index is 1040. The number of rotatable bonds is 8. The summed E-state index contributed by atoms with van der Waals surface area (Å²) < 4.78 is 1.85. The Hall–Kier alpha value is -3.85. The van der Waals surface area contributed by atoms with Crippen LogP contribution in [0.4, 0.5) is 23.0 Å². The third kappa shape index (κ3) is 4.71. The number of nitrogens with one attached hydrogen (secondary N) is 2. The lowest BCUT2D eigenvalue weighted by Crippen LogP contribution is -2.13. The van der Waals surface area contributed by atoms with E-state index in [0.717, 1.165) is 34.2 Å². The van der Waals surface area contributed by atoms with Crippen molar-refractivity contribution in [2.45, 2.75) is 13.0 Å². The minimum absolute atomic E-state index is 0.343. The Morgan fingerprint density at radius 3 is 2.76 bits per heavy atom. The number of nitrogens with zero attached hydrogens (tertiary/aromatic N) is 3. The van der Waals surface area contributed by atoms with Gasteiger partial charge in [0.25, 0.3) is 0 Å². The number of nitrogens with two attached hydrogens (primary N) is 3. The first-order chi connectivity index (χ1) is 14.0. The molecule has 0 unspecified atom stereocenters. The van der Waals surface area contributed by atoms with E-state index in [2.05, 4.69) is 20.8 Å². The Labute approximate surface area is 168 Å². The maximum Gasteiger partial charge on any atom is 0.165 e. The van der Waals surface area contributed by atoms with Crippen LogP contribution >= 0.6 is 0 Å². The van der Waals surface area contributed by atoms with Gasteiger partial charge >= 0.3 is 0 Å². The number of carbonyl (C=O) groups is 1. The predicted octanol–water partition coefficient (Wildman–Crippen LogP) is 1.62. The molecule has 1 aromatic carbocycles. The number of hydrogen-bond donors (Lipinski definition) is 5. The Morgan fingerprint density at radius 2 is 2.03 bits per heavy atom. The third-order valence-electron chi connectivity index (χ3n) is 4.47. The van der Waals surface area contributed by atoms with E-state index in [1.165, 1.54) is 6.08 Å². The zero-order valence-electron chi connectivity index (χ0n) is 16.1. The van der Waals surface area contributed by atoms with Crippen LogP contribution in [0.5, 0.6) is 0 Å². The summed E-state index contributed by atoms with van der Waals surface area (Å²) in [7, 11) is 1.84. The maximum atomic E-state index is 10.6. The van der Waals surface area contributed by atoms with Gasteiger partial charge in [-0.1, -0.05) is 6.07 Å². The highest BCUT2D eigenvalue weighted by Gasteiger charge is 2.10. The van der Waals surface area contributed by atoms with Crippen LogP contribution in [0.2, 0.25) is 0 Å². The highest BCUT2D eigenvalue weighted by Crippen LogP contribution is 2.25. The Morgan fingerprint density at radius 1 is 1.21 bits per heavy atom. The van der Waals surface area contributed by atoms with Crippen molar-refractivity contribution in [2.24, 2.45) is 5.84 Å². The van der Waals surface area contributed by atoms with Crippen LogP contribution in [0.3, 0.4) is 0 Å². The van der Waals surface area contributed by atoms with Crippen molar-refractivity contribution in [2.75, 3.05) is 29.3 Å². The molecule has 0 aliphatic carbocycles. The number of carbonyl (C=O) groups excluding carboxylic acids is 1.